The standard InChI is InChI=1S/C16H18N2OS/c1-11-3-8-15(12(2)9-11)20-10-13-4-6-14(7-5-13)16(19)18-17/h3-9H,10,17H2,1-2H3,(H,18,19). The van der Waals surface area contributed by atoms with Crippen LogP contribution in [0.3, 0.4) is 0 Å². The molecule has 0 radical (unpaired) electrons. The first-order valence-corrected chi connectivity index (χ1v) is 7.38. The largest absolute Gasteiger partial charge is 0.290 e. The van der Waals surface area contributed by atoms with E-state index in [0.717, 1.165) is 5.75 Å². The molecule has 3 N–H and O–H groups in total. The second-order valence-corrected chi connectivity index (χ2v) is 5.75. The Morgan fingerprint density at radius 2 is 1.85 bits per heavy atom. The SMILES string of the molecule is Cc1ccc(SCc2ccc(C(=O)NN)cc2)c(C)c1. The molecule has 2 aromatic carbocycles. The molecule has 0 saturated carbocycles. The summed E-state index contributed by atoms with van der Waals surface area (Å²) in [5.74, 6) is 5.72. The molecule has 0 bridgehead atoms. The lowest BCUT2D eigenvalue weighted by atomic mass is 10.1. The van der Waals surface area contributed by atoms with Crippen LogP contribution in [-0.2, 0) is 5.75 Å². The number of nitrogens with one attached hydrogen (secondary N) is 1. The average Bonchev–Trinajstić information content (AvgIpc) is 2.46. The number of carbonyl (C=O) groups excluding carboxylic acids is 1. The Kier molecular flexibility index (Phi) is 4.82. The Morgan fingerprint density at radius 1 is 1.15 bits per heavy atom. The summed E-state index contributed by atoms with van der Waals surface area (Å²) < 4.78 is 0. The van der Waals surface area contributed by atoms with Gasteiger partial charge in [0.05, 0.1) is 0 Å². The third kappa shape index (κ3) is 3.62. The predicted octanol–water partition coefficient (Wildman–Crippen LogP) is 3.20. The van der Waals surface area contributed by atoms with Crippen LogP contribution in [0.25, 0.3) is 0 Å². The van der Waals surface area contributed by atoms with Crippen LogP contribution in [0.1, 0.15) is 27.0 Å². The highest BCUT2D eigenvalue weighted by Gasteiger charge is 2.04. The van der Waals surface area contributed by atoms with E-state index in [0.29, 0.717) is 5.56 Å². The van der Waals surface area contributed by atoms with Gasteiger partial charge < -0.3 is 0 Å². The molecule has 0 fully saturated rings. The summed E-state index contributed by atoms with van der Waals surface area (Å²) in [5, 5.41) is 0. The summed E-state index contributed by atoms with van der Waals surface area (Å²) in [4.78, 5) is 12.6. The van der Waals surface area contributed by atoms with Gasteiger partial charge in [-0.25, -0.2) is 5.84 Å². The Bertz CT molecular complexity index is 608. The molecule has 1 amide bonds. The van der Waals surface area contributed by atoms with E-state index in [-0.39, 0.29) is 5.91 Å². The molecule has 104 valence electrons. The molecule has 0 unspecified atom stereocenters. The third-order valence-electron chi connectivity index (χ3n) is 3.07. The van der Waals surface area contributed by atoms with Gasteiger partial charge in [0, 0.05) is 16.2 Å². The fourth-order valence-electron chi connectivity index (χ4n) is 1.96. The lowest BCUT2D eigenvalue weighted by Crippen LogP contribution is -2.29. The minimum absolute atomic E-state index is 0.265. The number of nitrogens with two attached hydrogens (primary N) is 1. The number of carbonyl (C=O) groups is 1. The number of hydrogen-bond acceptors (Lipinski definition) is 3. The van der Waals surface area contributed by atoms with Gasteiger partial charge in [-0.1, -0.05) is 29.8 Å². The van der Waals surface area contributed by atoms with Crippen LogP contribution >= 0.6 is 11.8 Å². The van der Waals surface area contributed by atoms with E-state index in [4.69, 9.17) is 5.84 Å². The highest BCUT2D eigenvalue weighted by atomic mass is 32.2. The average molecular weight is 286 g/mol. The fourth-order valence-corrected chi connectivity index (χ4v) is 2.92. The zero-order chi connectivity index (χ0) is 14.5. The van der Waals surface area contributed by atoms with Crippen LogP contribution in [0.2, 0.25) is 0 Å². The number of nitrogen functional groups attached to an aromatic ring is 1. The van der Waals surface area contributed by atoms with Gasteiger partial charge in [0.25, 0.3) is 5.91 Å². The van der Waals surface area contributed by atoms with Crippen molar-refractivity contribution in [2.24, 2.45) is 5.84 Å². The maximum absolute atomic E-state index is 11.3. The summed E-state index contributed by atoms with van der Waals surface area (Å²) in [6.45, 7) is 4.23. The molecule has 0 spiro atoms. The third-order valence-corrected chi connectivity index (χ3v) is 4.32. The Balaban J connectivity index is 2.02. The minimum atomic E-state index is -0.265. The number of hydrazine groups is 1. The maximum atomic E-state index is 11.3. The molecule has 0 aliphatic rings. The zero-order valence-electron chi connectivity index (χ0n) is 11.6. The molecule has 0 aliphatic heterocycles. The summed E-state index contributed by atoms with van der Waals surface area (Å²) in [5.41, 5.74) is 6.47. The van der Waals surface area contributed by atoms with Gasteiger partial charge in [-0.15, -0.1) is 11.8 Å². The molecule has 0 atom stereocenters. The van der Waals surface area contributed by atoms with Crippen molar-refractivity contribution in [3.05, 3.63) is 64.7 Å². The number of rotatable bonds is 4. The van der Waals surface area contributed by atoms with Crippen molar-refractivity contribution >= 4 is 17.7 Å². The molecular formula is C16H18N2OS. The van der Waals surface area contributed by atoms with E-state index in [1.807, 2.05) is 12.1 Å². The molecule has 2 rings (SSSR count). The smallest absolute Gasteiger partial charge is 0.265 e. The van der Waals surface area contributed by atoms with Crippen LogP contribution in [-0.4, -0.2) is 5.91 Å². The summed E-state index contributed by atoms with van der Waals surface area (Å²) in [6, 6.07) is 14.0. The number of amides is 1. The lowest BCUT2D eigenvalue weighted by molar-refractivity contribution is 0.0953. The van der Waals surface area contributed by atoms with E-state index < -0.39 is 0 Å². The molecule has 2 aromatic rings. The van der Waals surface area contributed by atoms with Gasteiger partial charge >= 0.3 is 0 Å². The van der Waals surface area contributed by atoms with E-state index >= 15 is 0 Å². The van der Waals surface area contributed by atoms with Crippen LogP contribution in [0.5, 0.6) is 0 Å². The fraction of sp³-hybridized carbons (Fsp3) is 0.188. The van der Waals surface area contributed by atoms with Crippen molar-refractivity contribution < 1.29 is 4.79 Å². The molecular weight excluding hydrogens is 268 g/mol. The monoisotopic (exact) mass is 286 g/mol. The first-order valence-electron chi connectivity index (χ1n) is 6.40. The van der Waals surface area contributed by atoms with E-state index in [1.165, 1.54) is 21.6 Å². The maximum Gasteiger partial charge on any atom is 0.265 e. The Labute approximate surface area is 123 Å². The highest BCUT2D eigenvalue weighted by molar-refractivity contribution is 7.98. The first-order chi connectivity index (χ1) is 9.60. The minimum Gasteiger partial charge on any atom is -0.290 e. The van der Waals surface area contributed by atoms with E-state index in [9.17, 15) is 4.79 Å². The number of benzene rings is 2. The first kappa shape index (κ1) is 14.6. The van der Waals surface area contributed by atoms with Crippen LogP contribution in [0.15, 0.2) is 47.4 Å². The molecule has 3 nitrogen and oxygen atoms in total. The second-order valence-electron chi connectivity index (χ2n) is 4.73. The predicted molar refractivity (Wildman–Crippen MR) is 83.6 cm³/mol. The molecule has 0 aromatic heterocycles. The molecule has 0 aliphatic carbocycles. The van der Waals surface area contributed by atoms with Gasteiger partial charge in [-0.05, 0) is 43.2 Å². The Morgan fingerprint density at radius 3 is 2.45 bits per heavy atom. The summed E-state index contributed by atoms with van der Waals surface area (Å²) in [6.07, 6.45) is 0. The molecule has 4 heteroatoms. The van der Waals surface area contributed by atoms with Crippen molar-refractivity contribution in [2.45, 2.75) is 24.5 Å². The van der Waals surface area contributed by atoms with Gasteiger partial charge in [-0.3, -0.25) is 10.2 Å². The molecule has 0 heterocycles. The molecule has 0 saturated heterocycles. The second kappa shape index (κ2) is 6.59. The topological polar surface area (TPSA) is 55.1 Å². The van der Waals surface area contributed by atoms with E-state index in [1.54, 1.807) is 23.9 Å². The van der Waals surface area contributed by atoms with E-state index in [2.05, 4.69) is 37.5 Å². The van der Waals surface area contributed by atoms with Crippen molar-refractivity contribution in [1.82, 2.24) is 5.43 Å². The summed E-state index contributed by atoms with van der Waals surface area (Å²) in [7, 11) is 0. The van der Waals surface area contributed by atoms with Crippen LogP contribution in [0.4, 0.5) is 0 Å². The summed E-state index contributed by atoms with van der Waals surface area (Å²) >= 11 is 1.80. The number of aryl methyl sites for hydroxylation is 2. The van der Waals surface area contributed by atoms with Gasteiger partial charge in [0.15, 0.2) is 0 Å². The normalized spacial score (nSPS) is 10.3. The number of thioether (sulfide) groups is 1. The quantitative estimate of drug-likeness (QED) is 0.393. The highest BCUT2D eigenvalue weighted by Crippen LogP contribution is 2.26. The Hall–Kier alpha value is -1.78. The van der Waals surface area contributed by atoms with Crippen molar-refractivity contribution in [1.29, 1.82) is 0 Å². The van der Waals surface area contributed by atoms with Gasteiger partial charge in [-0.2, -0.15) is 0 Å². The zero-order valence-corrected chi connectivity index (χ0v) is 12.5. The lowest BCUT2D eigenvalue weighted by Gasteiger charge is -2.07. The van der Waals surface area contributed by atoms with Gasteiger partial charge in [0.2, 0.25) is 0 Å². The van der Waals surface area contributed by atoms with Crippen LogP contribution in [0, 0.1) is 13.8 Å². The molecule has 20 heavy (non-hydrogen) atoms. The van der Waals surface area contributed by atoms with Crippen molar-refractivity contribution in [2.75, 3.05) is 0 Å². The van der Waals surface area contributed by atoms with Gasteiger partial charge in [0.1, 0.15) is 0 Å². The van der Waals surface area contributed by atoms with Crippen molar-refractivity contribution in [3.8, 4) is 0 Å². The number of hydrogen-bond donors (Lipinski definition) is 2. The van der Waals surface area contributed by atoms with Crippen molar-refractivity contribution in [3.63, 3.8) is 0 Å². The van der Waals surface area contributed by atoms with Crippen LogP contribution < -0.4 is 11.3 Å².